The van der Waals surface area contributed by atoms with Crippen molar-refractivity contribution in [2.45, 2.75) is 20.3 Å². The summed E-state index contributed by atoms with van der Waals surface area (Å²) in [4.78, 5) is 14.3. The molecule has 1 amide bonds. The number of amides is 1. The zero-order valence-corrected chi connectivity index (χ0v) is 13.1. The Labute approximate surface area is 123 Å². The van der Waals surface area contributed by atoms with Gasteiger partial charge in [-0.15, -0.1) is 0 Å². The molecule has 4 heteroatoms. The SMILES string of the molecule is C[C@@H]1C[C@H](C)CN(CC(=O)Nc2cccc(Br)c2)C1. The molecule has 1 saturated heterocycles. The summed E-state index contributed by atoms with van der Waals surface area (Å²) in [6, 6.07) is 7.69. The number of nitrogens with one attached hydrogen (secondary N) is 1. The first-order valence-electron chi connectivity index (χ1n) is 6.80. The van der Waals surface area contributed by atoms with Crippen LogP contribution in [0.4, 0.5) is 5.69 Å². The van der Waals surface area contributed by atoms with Gasteiger partial charge in [0.05, 0.1) is 6.54 Å². The fourth-order valence-electron chi connectivity index (χ4n) is 2.89. The second kappa shape index (κ2) is 6.53. The number of likely N-dealkylation sites (tertiary alicyclic amines) is 1. The number of piperidine rings is 1. The summed E-state index contributed by atoms with van der Waals surface area (Å²) >= 11 is 3.40. The van der Waals surface area contributed by atoms with Crippen LogP contribution in [0, 0.1) is 11.8 Å². The van der Waals surface area contributed by atoms with Crippen molar-refractivity contribution < 1.29 is 4.79 Å². The summed E-state index contributed by atoms with van der Waals surface area (Å²) < 4.78 is 0.977. The summed E-state index contributed by atoms with van der Waals surface area (Å²) in [6.45, 7) is 7.05. The Bertz CT molecular complexity index is 440. The molecule has 2 atom stereocenters. The number of hydrogen-bond donors (Lipinski definition) is 1. The number of hydrogen-bond acceptors (Lipinski definition) is 2. The summed E-state index contributed by atoms with van der Waals surface area (Å²) in [5.74, 6) is 1.43. The minimum Gasteiger partial charge on any atom is -0.325 e. The van der Waals surface area contributed by atoms with Crippen LogP contribution in [0.5, 0.6) is 0 Å². The van der Waals surface area contributed by atoms with Crippen molar-refractivity contribution in [3.05, 3.63) is 28.7 Å². The normalized spacial score (nSPS) is 24.2. The number of nitrogens with zero attached hydrogens (tertiary/aromatic N) is 1. The Kier molecular flexibility index (Phi) is 4.99. The molecule has 1 fully saturated rings. The van der Waals surface area contributed by atoms with E-state index in [1.165, 1.54) is 6.42 Å². The third-order valence-corrected chi connectivity index (χ3v) is 3.91. The first-order chi connectivity index (χ1) is 9.02. The van der Waals surface area contributed by atoms with E-state index in [2.05, 4.69) is 40.0 Å². The van der Waals surface area contributed by atoms with E-state index in [0.29, 0.717) is 18.4 Å². The van der Waals surface area contributed by atoms with E-state index < -0.39 is 0 Å². The van der Waals surface area contributed by atoms with Crippen molar-refractivity contribution in [1.29, 1.82) is 0 Å². The second-order valence-electron chi connectivity index (χ2n) is 5.70. The number of rotatable bonds is 3. The van der Waals surface area contributed by atoms with Crippen LogP contribution in [0.15, 0.2) is 28.7 Å². The summed E-state index contributed by atoms with van der Waals surface area (Å²) in [6.07, 6.45) is 1.27. The molecule has 0 radical (unpaired) electrons. The predicted octanol–water partition coefficient (Wildman–Crippen LogP) is 3.37. The van der Waals surface area contributed by atoms with Gasteiger partial charge in [-0.2, -0.15) is 0 Å². The van der Waals surface area contributed by atoms with Gasteiger partial charge in [-0.1, -0.05) is 35.8 Å². The van der Waals surface area contributed by atoms with Gasteiger partial charge in [-0.05, 0) is 36.5 Å². The van der Waals surface area contributed by atoms with Crippen LogP contribution in [-0.2, 0) is 4.79 Å². The fourth-order valence-corrected chi connectivity index (χ4v) is 3.29. The van der Waals surface area contributed by atoms with Gasteiger partial charge < -0.3 is 5.32 Å². The molecule has 1 aromatic rings. The van der Waals surface area contributed by atoms with Crippen LogP contribution in [-0.4, -0.2) is 30.4 Å². The minimum atomic E-state index is 0.0689. The average molecular weight is 325 g/mol. The maximum Gasteiger partial charge on any atom is 0.238 e. The van der Waals surface area contributed by atoms with E-state index in [4.69, 9.17) is 0 Å². The highest BCUT2D eigenvalue weighted by molar-refractivity contribution is 9.10. The molecule has 0 bridgehead atoms. The van der Waals surface area contributed by atoms with Crippen LogP contribution in [0.25, 0.3) is 0 Å². The number of halogens is 1. The first-order valence-corrected chi connectivity index (χ1v) is 7.60. The molecular formula is C15H21BrN2O. The van der Waals surface area contributed by atoms with E-state index in [1.54, 1.807) is 0 Å². The van der Waals surface area contributed by atoms with E-state index in [1.807, 2.05) is 24.3 Å². The van der Waals surface area contributed by atoms with Gasteiger partial charge in [0.25, 0.3) is 0 Å². The van der Waals surface area contributed by atoms with Crippen molar-refractivity contribution in [3.8, 4) is 0 Å². The van der Waals surface area contributed by atoms with Gasteiger partial charge in [-0.3, -0.25) is 9.69 Å². The molecule has 1 aromatic carbocycles. The van der Waals surface area contributed by atoms with Crippen LogP contribution in [0.1, 0.15) is 20.3 Å². The molecular weight excluding hydrogens is 304 g/mol. The van der Waals surface area contributed by atoms with Crippen LogP contribution in [0.2, 0.25) is 0 Å². The minimum absolute atomic E-state index is 0.0689. The fraction of sp³-hybridized carbons (Fsp3) is 0.533. The average Bonchev–Trinajstić information content (AvgIpc) is 2.26. The predicted molar refractivity (Wildman–Crippen MR) is 82.2 cm³/mol. The third kappa shape index (κ3) is 4.62. The van der Waals surface area contributed by atoms with Crippen molar-refractivity contribution in [2.24, 2.45) is 11.8 Å². The molecule has 104 valence electrons. The Hall–Kier alpha value is -0.870. The lowest BCUT2D eigenvalue weighted by Gasteiger charge is -2.34. The zero-order valence-electron chi connectivity index (χ0n) is 11.5. The van der Waals surface area contributed by atoms with Gasteiger partial charge >= 0.3 is 0 Å². The number of carbonyl (C=O) groups is 1. The van der Waals surface area contributed by atoms with E-state index in [0.717, 1.165) is 23.2 Å². The molecule has 1 aliphatic rings. The standard InChI is InChI=1S/C15H21BrN2O/c1-11-6-12(2)9-18(8-11)10-15(19)17-14-5-3-4-13(16)7-14/h3-5,7,11-12H,6,8-10H2,1-2H3,(H,17,19)/t11-,12+. The van der Waals surface area contributed by atoms with Gasteiger partial charge in [0.15, 0.2) is 0 Å². The lowest BCUT2D eigenvalue weighted by Crippen LogP contribution is -2.42. The van der Waals surface area contributed by atoms with Crippen LogP contribution >= 0.6 is 15.9 Å². The molecule has 2 rings (SSSR count). The van der Waals surface area contributed by atoms with Gasteiger partial charge in [0, 0.05) is 23.2 Å². The molecule has 0 aromatic heterocycles. The van der Waals surface area contributed by atoms with Crippen molar-refractivity contribution in [2.75, 3.05) is 25.0 Å². The van der Waals surface area contributed by atoms with E-state index >= 15 is 0 Å². The Morgan fingerprint density at radius 3 is 2.68 bits per heavy atom. The van der Waals surface area contributed by atoms with E-state index in [-0.39, 0.29) is 5.91 Å². The lowest BCUT2D eigenvalue weighted by atomic mass is 9.92. The largest absolute Gasteiger partial charge is 0.325 e. The second-order valence-corrected chi connectivity index (χ2v) is 6.61. The quantitative estimate of drug-likeness (QED) is 0.924. The smallest absolute Gasteiger partial charge is 0.238 e. The van der Waals surface area contributed by atoms with Gasteiger partial charge in [0.2, 0.25) is 5.91 Å². The number of benzene rings is 1. The molecule has 0 spiro atoms. The molecule has 1 aliphatic heterocycles. The molecule has 0 saturated carbocycles. The Morgan fingerprint density at radius 1 is 1.37 bits per heavy atom. The monoisotopic (exact) mass is 324 g/mol. The van der Waals surface area contributed by atoms with Gasteiger partial charge in [0.1, 0.15) is 0 Å². The maximum atomic E-state index is 12.0. The lowest BCUT2D eigenvalue weighted by molar-refractivity contribution is -0.117. The number of anilines is 1. The summed E-state index contributed by atoms with van der Waals surface area (Å²) in [5, 5.41) is 2.95. The summed E-state index contributed by atoms with van der Waals surface area (Å²) in [7, 11) is 0. The van der Waals surface area contributed by atoms with E-state index in [9.17, 15) is 4.79 Å². The van der Waals surface area contributed by atoms with Crippen molar-refractivity contribution >= 4 is 27.5 Å². The van der Waals surface area contributed by atoms with Crippen molar-refractivity contribution in [3.63, 3.8) is 0 Å². The maximum absolute atomic E-state index is 12.0. The van der Waals surface area contributed by atoms with Crippen LogP contribution in [0.3, 0.4) is 0 Å². The molecule has 1 heterocycles. The Morgan fingerprint density at radius 2 is 2.05 bits per heavy atom. The highest BCUT2D eigenvalue weighted by Crippen LogP contribution is 2.21. The van der Waals surface area contributed by atoms with Gasteiger partial charge in [-0.25, -0.2) is 0 Å². The third-order valence-electron chi connectivity index (χ3n) is 3.42. The zero-order chi connectivity index (χ0) is 13.8. The van der Waals surface area contributed by atoms with Crippen molar-refractivity contribution in [1.82, 2.24) is 4.90 Å². The molecule has 0 unspecified atom stereocenters. The molecule has 0 aliphatic carbocycles. The molecule has 19 heavy (non-hydrogen) atoms. The Balaban J connectivity index is 1.87. The first kappa shape index (κ1) is 14.5. The van der Waals surface area contributed by atoms with Crippen LogP contribution < -0.4 is 5.32 Å². The highest BCUT2D eigenvalue weighted by Gasteiger charge is 2.23. The number of carbonyl (C=O) groups excluding carboxylic acids is 1. The summed E-state index contributed by atoms with van der Waals surface area (Å²) in [5.41, 5.74) is 0.845. The topological polar surface area (TPSA) is 32.3 Å². The highest BCUT2D eigenvalue weighted by atomic mass is 79.9. The molecule has 1 N–H and O–H groups in total. The molecule has 3 nitrogen and oxygen atoms in total.